The van der Waals surface area contributed by atoms with E-state index in [2.05, 4.69) is 18.8 Å². The second-order valence-corrected chi connectivity index (χ2v) is 13.9. The zero-order valence-corrected chi connectivity index (χ0v) is 32.3. The molecule has 2 heterocycles. The van der Waals surface area contributed by atoms with Gasteiger partial charge in [-0.3, -0.25) is 4.79 Å². The van der Waals surface area contributed by atoms with E-state index in [9.17, 15) is 24.6 Å². The molecule has 0 saturated carbocycles. The number of nitrogens with one attached hydrogen (secondary N) is 1. The lowest BCUT2D eigenvalue weighted by Crippen LogP contribution is -2.41. The number of amides is 1. The van der Waals surface area contributed by atoms with Crippen LogP contribution in [0.3, 0.4) is 0 Å². The maximum Gasteiger partial charge on any atom is 0.407 e. The second kappa shape index (κ2) is 22.4. The van der Waals surface area contributed by atoms with E-state index in [-0.39, 0.29) is 61.5 Å². The number of carbonyl (C=O) groups is 3. The van der Waals surface area contributed by atoms with Crippen molar-refractivity contribution in [2.75, 3.05) is 26.4 Å². The van der Waals surface area contributed by atoms with Gasteiger partial charge in [0.2, 0.25) is 0 Å². The largest absolute Gasteiger partial charge is 0.508 e. The van der Waals surface area contributed by atoms with Crippen LogP contribution >= 0.6 is 0 Å². The van der Waals surface area contributed by atoms with Crippen LogP contribution in [0.15, 0.2) is 60.7 Å². The molecule has 0 bridgehead atoms. The molecular formula is C41H57NO13. The molecule has 0 radical (unpaired) electrons. The minimum atomic E-state index is -0.756. The maximum absolute atomic E-state index is 11.9. The highest BCUT2D eigenvalue weighted by molar-refractivity contribution is 5.86. The number of phenolic OH excluding ortho intramolecular Hbond substituents is 1. The molecule has 3 N–H and O–H groups in total. The Morgan fingerprint density at radius 3 is 2.04 bits per heavy atom. The summed E-state index contributed by atoms with van der Waals surface area (Å²) in [6.07, 6.45) is 0.454. The number of phenols is 1. The van der Waals surface area contributed by atoms with Crippen LogP contribution in [0.5, 0.6) is 11.5 Å². The number of carbonyl (C=O) groups excluding carboxylic acids is 3. The average molecular weight is 772 g/mol. The number of esters is 2. The number of aliphatic hydroxyl groups is 1. The van der Waals surface area contributed by atoms with E-state index in [0.717, 1.165) is 17.5 Å². The van der Waals surface area contributed by atoms with E-state index in [4.69, 9.17) is 37.9 Å². The van der Waals surface area contributed by atoms with Gasteiger partial charge in [0.05, 0.1) is 50.3 Å². The highest BCUT2D eigenvalue weighted by Crippen LogP contribution is 2.38. The second-order valence-electron chi connectivity index (χ2n) is 13.9. The van der Waals surface area contributed by atoms with E-state index >= 15 is 0 Å². The summed E-state index contributed by atoms with van der Waals surface area (Å²) < 4.78 is 46.9. The number of benzene rings is 2. The van der Waals surface area contributed by atoms with Gasteiger partial charge in [0, 0.05) is 55.7 Å². The van der Waals surface area contributed by atoms with E-state index in [1.54, 1.807) is 31.2 Å². The van der Waals surface area contributed by atoms with Crippen LogP contribution < -0.4 is 10.1 Å². The molecule has 0 aliphatic carbocycles. The first-order chi connectivity index (χ1) is 26.4. The van der Waals surface area contributed by atoms with Crippen molar-refractivity contribution in [3.8, 4) is 11.5 Å². The molecule has 8 unspecified atom stereocenters. The van der Waals surface area contributed by atoms with Crippen molar-refractivity contribution >= 4 is 18.0 Å². The predicted octanol–water partition coefficient (Wildman–Crippen LogP) is 6.34. The van der Waals surface area contributed by atoms with Crippen molar-refractivity contribution in [1.29, 1.82) is 0 Å². The maximum atomic E-state index is 11.9. The molecule has 2 aromatic rings. The Labute approximate surface area is 323 Å². The minimum absolute atomic E-state index is 0.0145. The van der Waals surface area contributed by atoms with Crippen LogP contribution in [-0.2, 0) is 42.7 Å². The lowest BCUT2D eigenvalue weighted by molar-refractivity contribution is -0.279. The zero-order valence-electron chi connectivity index (χ0n) is 32.3. The fourth-order valence-corrected chi connectivity index (χ4v) is 6.37. The monoisotopic (exact) mass is 771 g/mol. The molecule has 0 aromatic heterocycles. The summed E-state index contributed by atoms with van der Waals surface area (Å²) >= 11 is 0. The molecule has 2 aliphatic heterocycles. The Bertz CT molecular complexity index is 1500. The molecule has 14 heteroatoms. The zero-order chi connectivity index (χ0) is 39.7. The Hall–Kier alpha value is -4.21. The van der Waals surface area contributed by atoms with Gasteiger partial charge >= 0.3 is 18.0 Å². The van der Waals surface area contributed by atoms with Gasteiger partial charge < -0.3 is 53.4 Å². The van der Waals surface area contributed by atoms with Crippen molar-refractivity contribution in [2.45, 2.75) is 128 Å². The Morgan fingerprint density at radius 1 is 0.836 bits per heavy atom. The van der Waals surface area contributed by atoms with Crippen LogP contribution in [0.4, 0.5) is 4.79 Å². The third-order valence-electron chi connectivity index (χ3n) is 9.22. The summed E-state index contributed by atoms with van der Waals surface area (Å²) in [5, 5.41) is 23.4. The standard InChI is InChI=1S/C41H57NO13/c1-6-32(51-27(5)43)21-31(45)22-35-24-37(25-36-23-33(7-2)52-39(54-36)28-9-13-30(44)14-10-28)55-40(53-35)29-11-15-34(16-12-29)48-18-8-19-50-41(47)42-17-20-49-38(46)26(3)4/h9-16,31-33,35-37,39-40,44-45H,3,6-8,17-25H2,1-2,4-5H3,(H,42,47). The molecule has 8 atom stereocenters. The number of aliphatic hydroxyl groups excluding tert-OH is 1. The summed E-state index contributed by atoms with van der Waals surface area (Å²) in [5.74, 6) is -0.116. The van der Waals surface area contributed by atoms with E-state index in [1.807, 2.05) is 31.2 Å². The first-order valence-electron chi connectivity index (χ1n) is 19.1. The fraction of sp³-hybridized carbons (Fsp3) is 0.585. The quantitative estimate of drug-likeness (QED) is 0.0589. The van der Waals surface area contributed by atoms with Gasteiger partial charge in [0.25, 0.3) is 0 Å². The van der Waals surface area contributed by atoms with Crippen LogP contribution in [0.2, 0.25) is 0 Å². The molecule has 0 spiro atoms. The number of alkyl carbamates (subject to hydrolysis) is 1. The van der Waals surface area contributed by atoms with Crippen molar-refractivity contribution in [2.24, 2.45) is 0 Å². The van der Waals surface area contributed by atoms with E-state index < -0.39 is 36.9 Å². The lowest BCUT2D eigenvalue weighted by Gasteiger charge is -2.41. The van der Waals surface area contributed by atoms with Crippen LogP contribution in [-0.4, -0.2) is 91.2 Å². The van der Waals surface area contributed by atoms with Gasteiger partial charge in [0.1, 0.15) is 24.2 Å². The summed E-state index contributed by atoms with van der Waals surface area (Å²) in [7, 11) is 0. The Morgan fingerprint density at radius 2 is 1.44 bits per heavy atom. The first kappa shape index (κ1) is 43.5. The van der Waals surface area contributed by atoms with Gasteiger partial charge in [-0.1, -0.05) is 44.7 Å². The first-order valence-corrected chi connectivity index (χ1v) is 19.1. The number of aromatic hydroxyl groups is 1. The number of hydrogen-bond donors (Lipinski definition) is 3. The Balaban J connectivity index is 1.33. The van der Waals surface area contributed by atoms with Gasteiger partial charge in [-0.25, -0.2) is 9.59 Å². The molecule has 2 aromatic carbocycles. The van der Waals surface area contributed by atoms with Crippen LogP contribution in [0, 0.1) is 0 Å². The molecular weight excluding hydrogens is 714 g/mol. The molecule has 55 heavy (non-hydrogen) atoms. The van der Waals surface area contributed by atoms with Gasteiger partial charge in [-0.2, -0.15) is 0 Å². The molecule has 1 amide bonds. The molecule has 4 rings (SSSR count). The molecule has 14 nitrogen and oxygen atoms in total. The molecule has 304 valence electrons. The molecule has 2 aliphatic rings. The minimum Gasteiger partial charge on any atom is -0.508 e. The van der Waals surface area contributed by atoms with Gasteiger partial charge in [0.15, 0.2) is 12.6 Å². The summed E-state index contributed by atoms with van der Waals surface area (Å²) in [6.45, 7) is 11.0. The lowest BCUT2D eigenvalue weighted by atomic mass is 9.94. The van der Waals surface area contributed by atoms with Crippen molar-refractivity contribution in [1.82, 2.24) is 5.32 Å². The average Bonchev–Trinajstić information content (AvgIpc) is 3.16. The number of rotatable bonds is 20. The normalized spacial score (nSPS) is 23.5. The fourth-order valence-electron chi connectivity index (χ4n) is 6.37. The Kier molecular flexibility index (Phi) is 17.7. The van der Waals surface area contributed by atoms with Gasteiger partial charge in [-0.15, -0.1) is 0 Å². The highest BCUT2D eigenvalue weighted by atomic mass is 16.7. The van der Waals surface area contributed by atoms with Crippen molar-refractivity contribution in [3.63, 3.8) is 0 Å². The van der Waals surface area contributed by atoms with Crippen LogP contribution in [0.25, 0.3) is 0 Å². The third-order valence-corrected chi connectivity index (χ3v) is 9.22. The van der Waals surface area contributed by atoms with Gasteiger partial charge in [-0.05, 0) is 50.5 Å². The topological polar surface area (TPSA) is 178 Å². The van der Waals surface area contributed by atoms with E-state index in [1.165, 1.54) is 6.92 Å². The molecule has 2 fully saturated rings. The van der Waals surface area contributed by atoms with E-state index in [0.29, 0.717) is 57.3 Å². The third kappa shape index (κ3) is 15.1. The highest BCUT2D eigenvalue weighted by Gasteiger charge is 2.37. The smallest absolute Gasteiger partial charge is 0.407 e. The summed E-state index contributed by atoms with van der Waals surface area (Å²) in [4.78, 5) is 34.8. The summed E-state index contributed by atoms with van der Waals surface area (Å²) in [6, 6.07) is 14.2. The summed E-state index contributed by atoms with van der Waals surface area (Å²) in [5.41, 5.74) is 1.88. The predicted molar refractivity (Wildman–Crippen MR) is 200 cm³/mol. The van der Waals surface area contributed by atoms with Crippen molar-refractivity contribution in [3.05, 3.63) is 71.8 Å². The van der Waals surface area contributed by atoms with Crippen molar-refractivity contribution < 1.29 is 62.5 Å². The number of hydrogen-bond acceptors (Lipinski definition) is 13. The van der Waals surface area contributed by atoms with Crippen LogP contribution in [0.1, 0.15) is 103 Å². The number of ether oxygens (including phenoxy) is 8. The molecule has 2 saturated heterocycles. The SMILES string of the molecule is C=C(C)C(=O)OCCNC(=O)OCCCOc1ccc(C2OC(CC(O)CC(CC)OC(C)=O)CC(CC3CC(CC)OC(c4ccc(O)cc4)O3)O2)cc1.